The first kappa shape index (κ1) is 17.3. The molecule has 1 aliphatic heterocycles. The van der Waals surface area contributed by atoms with Crippen LogP contribution in [0.5, 0.6) is 11.5 Å². The van der Waals surface area contributed by atoms with E-state index in [-0.39, 0.29) is 5.91 Å². The Balaban J connectivity index is 1.40. The molecular formula is C21H18N2O3S. The first-order valence-corrected chi connectivity index (χ1v) is 9.44. The molecule has 1 aromatic heterocycles. The molecule has 0 radical (unpaired) electrons. The van der Waals surface area contributed by atoms with E-state index in [1.807, 2.05) is 41.8 Å². The molecule has 1 aliphatic rings. The number of hydrogen-bond acceptors (Lipinski definition) is 5. The van der Waals surface area contributed by atoms with Gasteiger partial charge in [0.2, 0.25) is 5.91 Å². The highest BCUT2D eigenvalue weighted by molar-refractivity contribution is 7.14. The molecule has 0 atom stereocenters. The van der Waals surface area contributed by atoms with E-state index in [1.165, 1.54) is 23.0 Å². The van der Waals surface area contributed by atoms with Gasteiger partial charge in [0.25, 0.3) is 0 Å². The number of ether oxygens (including phenoxy) is 2. The number of nitrogens with one attached hydrogen (secondary N) is 1. The van der Waals surface area contributed by atoms with Crippen molar-refractivity contribution >= 4 is 28.5 Å². The zero-order valence-electron chi connectivity index (χ0n) is 14.8. The molecule has 1 amide bonds. The van der Waals surface area contributed by atoms with Crippen LogP contribution in [0.4, 0.5) is 5.13 Å². The summed E-state index contributed by atoms with van der Waals surface area (Å²) in [4.78, 5) is 16.6. The van der Waals surface area contributed by atoms with Crippen molar-refractivity contribution in [2.75, 3.05) is 19.0 Å². The predicted octanol–water partition coefficient (Wildman–Crippen LogP) is 4.41. The summed E-state index contributed by atoms with van der Waals surface area (Å²) in [5.41, 5.74) is 3.96. The van der Waals surface area contributed by atoms with E-state index in [1.54, 1.807) is 13.2 Å². The molecule has 2 heterocycles. The van der Waals surface area contributed by atoms with Gasteiger partial charge in [-0.1, -0.05) is 6.07 Å². The minimum Gasteiger partial charge on any atom is -0.497 e. The van der Waals surface area contributed by atoms with E-state index in [0.29, 0.717) is 5.13 Å². The normalized spacial score (nSPS) is 12.6. The molecule has 0 fully saturated rings. The van der Waals surface area contributed by atoms with Gasteiger partial charge in [-0.3, -0.25) is 10.1 Å². The number of rotatable bonds is 5. The Morgan fingerprint density at radius 2 is 2.11 bits per heavy atom. The highest BCUT2D eigenvalue weighted by Gasteiger charge is 2.11. The zero-order valence-corrected chi connectivity index (χ0v) is 15.6. The Kier molecular flexibility index (Phi) is 4.89. The van der Waals surface area contributed by atoms with Crippen molar-refractivity contribution in [2.24, 2.45) is 0 Å². The minimum atomic E-state index is -0.206. The summed E-state index contributed by atoms with van der Waals surface area (Å²) in [5.74, 6) is 1.53. The molecule has 2 aromatic carbocycles. The first-order valence-electron chi connectivity index (χ1n) is 8.56. The van der Waals surface area contributed by atoms with Crippen LogP contribution in [0.3, 0.4) is 0 Å². The van der Waals surface area contributed by atoms with Crippen LogP contribution in [0.2, 0.25) is 0 Å². The van der Waals surface area contributed by atoms with Gasteiger partial charge in [-0.25, -0.2) is 4.98 Å². The van der Waals surface area contributed by atoms with Crippen molar-refractivity contribution in [1.29, 1.82) is 0 Å². The van der Waals surface area contributed by atoms with Crippen LogP contribution in [0.25, 0.3) is 17.3 Å². The maximum Gasteiger partial charge on any atom is 0.250 e. The zero-order chi connectivity index (χ0) is 18.6. The Bertz CT molecular complexity index is 993. The standard InChI is InChI=1S/C21H18N2O3S/c1-25-17-6-4-15(5-7-17)18-13-27-21(22-18)23-20(24)9-3-14-2-8-19-16(12-14)10-11-26-19/h2-9,12-13H,10-11H2,1H3,(H,22,23,24). The number of carbonyl (C=O) groups is 1. The summed E-state index contributed by atoms with van der Waals surface area (Å²) in [6.07, 6.45) is 4.23. The maximum atomic E-state index is 12.2. The Hall–Kier alpha value is -3.12. The molecule has 27 heavy (non-hydrogen) atoms. The Morgan fingerprint density at radius 3 is 2.93 bits per heavy atom. The van der Waals surface area contributed by atoms with Crippen molar-refractivity contribution in [3.63, 3.8) is 0 Å². The van der Waals surface area contributed by atoms with Crippen molar-refractivity contribution in [1.82, 2.24) is 4.98 Å². The summed E-state index contributed by atoms with van der Waals surface area (Å²) in [6.45, 7) is 0.726. The number of fused-ring (bicyclic) bond motifs is 1. The van der Waals surface area contributed by atoms with E-state index in [4.69, 9.17) is 9.47 Å². The van der Waals surface area contributed by atoms with Gasteiger partial charge in [-0.05, 0) is 53.6 Å². The van der Waals surface area contributed by atoms with Gasteiger partial charge in [0.05, 0.1) is 19.4 Å². The summed E-state index contributed by atoms with van der Waals surface area (Å²) in [7, 11) is 1.63. The van der Waals surface area contributed by atoms with Gasteiger partial charge in [0.1, 0.15) is 11.5 Å². The molecule has 0 unspecified atom stereocenters. The number of methoxy groups -OCH3 is 1. The monoisotopic (exact) mass is 378 g/mol. The van der Waals surface area contributed by atoms with Crippen LogP contribution in [0, 0.1) is 0 Å². The number of amides is 1. The third kappa shape index (κ3) is 4.01. The smallest absolute Gasteiger partial charge is 0.250 e. The molecule has 3 aromatic rings. The lowest BCUT2D eigenvalue weighted by Crippen LogP contribution is -2.07. The average Bonchev–Trinajstić information content (AvgIpc) is 3.35. The lowest BCUT2D eigenvalue weighted by atomic mass is 10.1. The fourth-order valence-electron chi connectivity index (χ4n) is 2.85. The number of hydrogen-bond donors (Lipinski definition) is 1. The molecular weight excluding hydrogens is 360 g/mol. The van der Waals surface area contributed by atoms with Gasteiger partial charge in [0, 0.05) is 23.4 Å². The molecule has 0 aliphatic carbocycles. The van der Waals surface area contributed by atoms with E-state index in [9.17, 15) is 4.79 Å². The molecule has 1 N–H and O–H groups in total. The van der Waals surface area contributed by atoms with Crippen molar-refractivity contribution < 1.29 is 14.3 Å². The molecule has 6 heteroatoms. The lowest BCUT2D eigenvalue weighted by Gasteiger charge is -2.01. The van der Waals surface area contributed by atoms with Gasteiger partial charge in [-0.15, -0.1) is 11.3 Å². The number of anilines is 1. The second-order valence-electron chi connectivity index (χ2n) is 6.05. The van der Waals surface area contributed by atoms with Crippen LogP contribution < -0.4 is 14.8 Å². The van der Waals surface area contributed by atoms with Crippen molar-refractivity contribution in [3.8, 4) is 22.8 Å². The van der Waals surface area contributed by atoms with Crippen molar-refractivity contribution in [2.45, 2.75) is 6.42 Å². The third-order valence-electron chi connectivity index (χ3n) is 4.26. The van der Waals surface area contributed by atoms with Crippen LogP contribution in [-0.2, 0) is 11.2 Å². The van der Waals surface area contributed by atoms with E-state index < -0.39 is 0 Å². The second kappa shape index (κ2) is 7.63. The van der Waals surface area contributed by atoms with Gasteiger partial charge in [-0.2, -0.15) is 0 Å². The molecule has 4 rings (SSSR count). The second-order valence-corrected chi connectivity index (χ2v) is 6.91. The maximum absolute atomic E-state index is 12.2. The summed E-state index contributed by atoms with van der Waals surface area (Å²) in [6, 6.07) is 13.6. The van der Waals surface area contributed by atoms with Crippen LogP contribution in [-0.4, -0.2) is 24.6 Å². The van der Waals surface area contributed by atoms with E-state index >= 15 is 0 Å². The van der Waals surface area contributed by atoms with Gasteiger partial charge < -0.3 is 9.47 Å². The number of aromatic nitrogens is 1. The third-order valence-corrected chi connectivity index (χ3v) is 5.02. The SMILES string of the molecule is COc1ccc(-c2csc(NC(=O)C=Cc3ccc4c(c3)CCO4)n2)cc1. The number of thiazole rings is 1. The number of benzene rings is 2. The average molecular weight is 378 g/mol. The topological polar surface area (TPSA) is 60.5 Å². The quantitative estimate of drug-likeness (QED) is 0.668. The predicted molar refractivity (Wildman–Crippen MR) is 107 cm³/mol. The molecule has 0 saturated heterocycles. The summed E-state index contributed by atoms with van der Waals surface area (Å²) < 4.78 is 10.7. The van der Waals surface area contributed by atoms with E-state index in [2.05, 4.69) is 16.4 Å². The Morgan fingerprint density at radius 1 is 1.26 bits per heavy atom. The van der Waals surface area contributed by atoms with Crippen LogP contribution in [0.15, 0.2) is 53.9 Å². The van der Waals surface area contributed by atoms with Crippen LogP contribution in [0.1, 0.15) is 11.1 Å². The summed E-state index contributed by atoms with van der Waals surface area (Å²) >= 11 is 1.40. The summed E-state index contributed by atoms with van der Waals surface area (Å²) in [5, 5.41) is 5.30. The van der Waals surface area contributed by atoms with Crippen molar-refractivity contribution in [3.05, 3.63) is 65.0 Å². The number of carbonyl (C=O) groups excluding carboxylic acids is 1. The van der Waals surface area contributed by atoms with E-state index in [0.717, 1.165) is 41.3 Å². The lowest BCUT2D eigenvalue weighted by molar-refractivity contribution is -0.111. The molecule has 5 nitrogen and oxygen atoms in total. The fraction of sp³-hybridized carbons (Fsp3) is 0.143. The highest BCUT2D eigenvalue weighted by Crippen LogP contribution is 2.27. The molecule has 136 valence electrons. The van der Waals surface area contributed by atoms with Gasteiger partial charge >= 0.3 is 0 Å². The molecule has 0 bridgehead atoms. The minimum absolute atomic E-state index is 0.206. The first-order chi connectivity index (χ1) is 13.2. The largest absolute Gasteiger partial charge is 0.497 e. The highest BCUT2D eigenvalue weighted by atomic mass is 32.1. The van der Waals surface area contributed by atoms with Gasteiger partial charge in [0.15, 0.2) is 5.13 Å². The molecule has 0 spiro atoms. The fourth-order valence-corrected chi connectivity index (χ4v) is 3.58. The number of nitrogens with zero attached hydrogens (tertiary/aromatic N) is 1. The van der Waals surface area contributed by atoms with Crippen LogP contribution >= 0.6 is 11.3 Å². The molecule has 0 saturated carbocycles. The Labute approximate surface area is 161 Å².